The summed E-state index contributed by atoms with van der Waals surface area (Å²) < 4.78 is 52.9. The molecule has 0 aromatic heterocycles. The third-order valence-corrected chi connectivity index (χ3v) is 11.7. The van der Waals surface area contributed by atoms with Crippen molar-refractivity contribution < 1.29 is 71.4 Å². The number of unbranched alkanes of at least 4 members (excludes halogenated alkanes) is 18. The Labute approximate surface area is 385 Å². The van der Waals surface area contributed by atoms with E-state index in [1.165, 1.54) is 70.6 Å². The van der Waals surface area contributed by atoms with Crippen molar-refractivity contribution in [3.63, 3.8) is 0 Å². The Morgan fingerprint density at radius 1 is 0.406 bits per heavy atom. The van der Waals surface area contributed by atoms with Crippen molar-refractivity contribution >= 4 is 27.6 Å². The Hall–Kier alpha value is -2.00. The Bertz CT molecular complexity index is 1340. The molecule has 0 saturated carbocycles. The zero-order chi connectivity index (χ0) is 47.4. The van der Waals surface area contributed by atoms with Crippen molar-refractivity contribution in [1.82, 2.24) is 0 Å². The summed E-state index contributed by atoms with van der Waals surface area (Å²) in [4.78, 5) is 43.7. The SMILES string of the molecule is CCCCC/C=C\C/C=C\C/C=C\C/C=C\CCCCCCCC(=O)OCC(O)COP(=O)(O)OCC(O)COP(=O)(O)OCC(O)COC(=O)CCCCCCCCCCCCC. The lowest BCUT2D eigenvalue weighted by Crippen LogP contribution is -2.25. The predicted molar refractivity (Wildman–Crippen MR) is 251 cm³/mol. The van der Waals surface area contributed by atoms with Crippen LogP contribution in [0.5, 0.6) is 0 Å². The van der Waals surface area contributed by atoms with Gasteiger partial charge in [0.1, 0.15) is 31.5 Å². The molecule has 15 nitrogen and oxygen atoms in total. The van der Waals surface area contributed by atoms with Gasteiger partial charge in [-0.2, -0.15) is 0 Å². The molecule has 0 aromatic rings. The summed E-state index contributed by atoms with van der Waals surface area (Å²) in [5.41, 5.74) is 0. The number of phosphoric acid groups is 2. The van der Waals surface area contributed by atoms with Crippen LogP contribution >= 0.6 is 15.6 Å². The number of ether oxygens (including phenoxy) is 2. The fourth-order valence-electron chi connectivity index (χ4n) is 6.02. The number of aliphatic hydroxyl groups is 3. The number of hydrogen-bond acceptors (Lipinski definition) is 13. The Morgan fingerprint density at radius 2 is 0.672 bits per heavy atom. The van der Waals surface area contributed by atoms with Crippen LogP contribution in [0.4, 0.5) is 0 Å². The van der Waals surface area contributed by atoms with E-state index in [0.29, 0.717) is 12.8 Å². The minimum absolute atomic E-state index is 0.174. The maximum Gasteiger partial charge on any atom is 0.472 e. The van der Waals surface area contributed by atoms with Crippen molar-refractivity contribution in [2.45, 2.75) is 199 Å². The molecule has 0 bridgehead atoms. The molecule has 0 aromatic carbocycles. The van der Waals surface area contributed by atoms with Gasteiger partial charge in [-0.1, -0.05) is 159 Å². The second-order valence-corrected chi connectivity index (χ2v) is 19.0. The minimum atomic E-state index is -4.79. The molecule has 5 unspecified atom stereocenters. The number of hydrogen-bond donors (Lipinski definition) is 5. The number of phosphoric ester groups is 2. The molecular formula is C47H86O15P2. The number of rotatable bonds is 46. The number of aliphatic hydroxyl groups excluding tert-OH is 3. The summed E-state index contributed by atoms with van der Waals surface area (Å²) in [5, 5.41) is 30.0. The monoisotopic (exact) mass is 953 g/mol. The van der Waals surface area contributed by atoms with Crippen molar-refractivity contribution in [2.24, 2.45) is 0 Å². The van der Waals surface area contributed by atoms with Gasteiger partial charge >= 0.3 is 27.6 Å². The summed E-state index contributed by atoms with van der Waals surface area (Å²) in [6, 6.07) is 0. The van der Waals surface area contributed by atoms with E-state index in [1.807, 2.05) is 0 Å². The van der Waals surface area contributed by atoms with Crippen LogP contribution in [0.15, 0.2) is 48.6 Å². The molecule has 0 aliphatic rings. The van der Waals surface area contributed by atoms with Gasteiger partial charge in [-0.15, -0.1) is 0 Å². The van der Waals surface area contributed by atoms with Crippen molar-refractivity contribution in [3.05, 3.63) is 48.6 Å². The van der Waals surface area contributed by atoms with E-state index in [0.717, 1.165) is 70.6 Å². The lowest BCUT2D eigenvalue weighted by molar-refractivity contribution is -0.148. The Balaban J connectivity index is 3.91. The first-order valence-corrected chi connectivity index (χ1v) is 27.0. The molecule has 0 amide bonds. The van der Waals surface area contributed by atoms with Crippen molar-refractivity contribution in [1.29, 1.82) is 0 Å². The van der Waals surface area contributed by atoms with E-state index in [-0.39, 0.29) is 12.8 Å². The van der Waals surface area contributed by atoms with Gasteiger partial charge < -0.3 is 34.6 Å². The van der Waals surface area contributed by atoms with E-state index in [4.69, 9.17) is 9.47 Å². The largest absolute Gasteiger partial charge is 0.472 e. The normalized spacial score (nSPS) is 15.5. The van der Waals surface area contributed by atoms with Crippen molar-refractivity contribution in [3.8, 4) is 0 Å². The fraction of sp³-hybridized carbons (Fsp3) is 0.787. The minimum Gasteiger partial charge on any atom is -0.463 e. The van der Waals surface area contributed by atoms with E-state index in [9.17, 15) is 43.8 Å². The first kappa shape index (κ1) is 62.0. The molecule has 0 radical (unpaired) electrons. The van der Waals surface area contributed by atoms with Crippen LogP contribution < -0.4 is 0 Å². The molecule has 0 spiro atoms. The molecule has 64 heavy (non-hydrogen) atoms. The van der Waals surface area contributed by atoms with Crippen LogP contribution in [0.1, 0.15) is 181 Å². The molecular weight excluding hydrogens is 866 g/mol. The zero-order valence-electron chi connectivity index (χ0n) is 39.2. The van der Waals surface area contributed by atoms with Crippen LogP contribution in [0.25, 0.3) is 0 Å². The topological polar surface area (TPSA) is 225 Å². The number of carbonyl (C=O) groups excluding carboxylic acids is 2. The highest BCUT2D eigenvalue weighted by atomic mass is 31.2. The Kier molecular flexibility index (Phi) is 42.2. The average Bonchev–Trinajstić information content (AvgIpc) is 3.27. The van der Waals surface area contributed by atoms with Gasteiger partial charge in [-0.3, -0.25) is 27.7 Å². The molecule has 5 N–H and O–H groups in total. The predicted octanol–water partition coefficient (Wildman–Crippen LogP) is 10.8. The van der Waals surface area contributed by atoms with Crippen LogP contribution in [0.3, 0.4) is 0 Å². The highest BCUT2D eigenvalue weighted by Gasteiger charge is 2.28. The first-order chi connectivity index (χ1) is 30.8. The smallest absolute Gasteiger partial charge is 0.463 e. The second kappa shape index (κ2) is 43.6. The highest BCUT2D eigenvalue weighted by Crippen LogP contribution is 2.45. The van der Waals surface area contributed by atoms with Gasteiger partial charge in [0.2, 0.25) is 0 Å². The summed E-state index contributed by atoms with van der Waals surface area (Å²) in [7, 11) is -9.57. The molecule has 17 heteroatoms. The van der Waals surface area contributed by atoms with Gasteiger partial charge in [-0.25, -0.2) is 9.13 Å². The van der Waals surface area contributed by atoms with Gasteiger partial charge in [0.15, 0.2) is 0 Å². The lowest BCUT2D eigenvalue weighted by atomic mass is 10.1. The van der Waals surface area contributed by atoms with E-state index >= 15 is 0 Å². The number of carbonyl (C=O) groups is 2. The first-order valence-electron chi connectivity index (χ1n) is 24.0. The lowest BCUT2D eigenvalue weighted by Gasteiger charge is -2.19. The number of esters is 2. The van der Waals surface area contributed by atoms with Crippen LogP contribution in [-0.4, -0.2) is 95.0 Å². The fourth-order valence-corrected chi connectivity index (χ4v) is 7.61. The molecule has 0 rings (SSSR count). The standard InChI is InChI=1S/C47H86O15P2/c1-3-5-7-9-11-13-15-16-17-18-19-20-21-22-23-24-26-28-30-32-34-36-47(52)58-38-44(49)40-60-64(55,56)62-42-45(50)41-61-63(53,54)59-39-43(48)37-57-46(51)35-33-31-29-27-25-14-12-10-8-6-4-2/h11,13,16-17,19-20,22-23,43-45,48-50H,3-10,12,14-15,18,21,24-42H2,1-2H3,(H,53,54)(H,55,56)/b13-11-,17-16-,20-19-,23-22-. The maximum absolute atomic E-state index is 12.2. The molecule has 0 saturated heterocycles. The summed E-state index contributed by atoms with van der Waals surface area (Å²) >= 11 is 0. The van der Waals surface area contributed by atoms with Crippen LogP contribution in [0, 0.1) is 0 Å². The molecule has 0 aliphatic carbocycles. The molecule has 374 valence electrons. The molecule has 0 aliphatic heterocycles. The van der Waals surface area contributed by atoms with E-state index in [2.05, 4.69) is 80.6 Å². The molecule has 5 atom stereocenters. The highest BCUT2D eigenvalue weighted by molar-refractivity contribution is 7.47. The second-order valence-electron chi connectivity index (χ2n) is 16.1. The average molecular weight is 953 g/mol. The summed E-state index contributed by atoms with van der Waals surface area (Å²) in [6.07, 6.45) is 39.6. The third-order valence-electron chi connectivity index (χ3n) is 9.79. The van der Waals surface area contributed by atoms with Gasteiger partial charge in [0.25, 0.3) is 0 Å². The molecule has 0 fully saturated rings. The van der Waals surface area contributed by atoms with E-state index < -0.39 is 85.5 Å². The zero-order valence-corrected chi connectivity index (χ0v) is 41.0. The van der Waals surface area contributed by atoms with Crippen LogP contribution in [-0.2, 0) is 46.3 Å². The van der Waals surface area contributed by atoms with Crippen molar-refractivity contribution in [2.75, 3.05) is 39.6 Å². The third kappa shape index (κ3) is 45.2. The van der Waals surface area contributed by atoms with E-state index in [1.54, 1.807) is 0 Å². The van der Waals surface area contributed by atoms with Gasteiger partial charge in [-0.05, 0) is 57.8 Å². The maximum atomic E-state index is 12.2. The quantitative estimate of drug-likeness (QED) is 0.0166. The Morgan fingerprint density at radius 3 is 1.03 bits per heavy atom. The van der Waals surface area contributed by atoms with Crippen LogP contribution in [0.2, 0.25) is 0 Å². The van der Waals surface area contributed by atoms with Gasteiger partial charge in [0.05, 0.1) is 26.4 Å². The summed E-state index contributed by atoms with van der Waals surface area (Å²) in [6.45, 7) is 0.357. The van der Waals surface area contributed by atoms with Gasteiger partial charge in [0, 0.05) is 12.8 Å². The molecule has 0 heterocycles. The number of allylic oxidation sites excluding steroid dienone is 8. The summed E-state index contributed by atoms with van der Waals surface area (Å²) in [5.74, 6) is -1.01.